The normalized spacial score (nSPS) is 10.7. The Labute approximate surface area is 127 Å². The van der Waals surface area contributed by atoms with Crippen molar-refractivity contribution >= 4 is 28.3 Å². The van der Waals surface area contributed by atoms with Crippen molar-refractivity contribution in [2.45, 2.75) is 6.92 Å². The molecule has 0 aliphatic rings. The van der Waals surface area contributed by atoms with E-state index in [1.165, 1.54) is 0 Å². The van der Waals surface area contributed by atoms with Gasteiger partial charge in [0.05, 0.1) is 5.56 Å². The molecule has 0 aliphatic heterocycles. The van der Waals surface area contributed by atoms with Gasteiger partial charge in [-0.1, -0.05) is 52.3 Å². The molecule has 0 fully saturated rings. The van der Waals surface area contributed by atoms with E-state index in [0.717, 1.165) is 21.9 Å². The minimum Gasteiger partial charge on any atom is -0.488 e. The van der Waals surface area contributed by atoms with E-state index in [-0.39, 0.29) is 0 Å². The van der Waals surface area contributed by atoms with Gasteiger partial charge in [0.25, 0.3) is 0 Å². The number of rotatable bonds is 5. The van der Waals surface area contributed by atoms with Crippen LogP contribution in [0.4, 0.5) is 0 Å². The van der Waals surface area contributed by atoms with Crippen LogP contribution in [0.2, 0.25) is 0 Å². The van der Waals surface area contributed by atoms with Gasteiger partial charge in [-0.05, 0) is 36.3 Å². The summed E-state index contributed by atoms with van der Waals surface area (Å²) in [7, 11) is 0. The summed E-state index contributed by atoms with van der Waals surface area (Å²) in [5.41, 5.74) is 2.62. The van der Waals surface area contributed by atoms with Crippen molar-refractivity contribution in [2.24, 2.45) is 0 Å². The van der Waals surface area contributed by atoms with Gasteiger partial charge < -0.3 is 4.74 Å². The van der Waals surface area contributed by atoms with Crippen molar-refractivity contribution in [3.8, 4) is 5.75 Å². The zero-order valence-corrected chi connectivity index (χ0v) is 12.8. The van der Waals surface area contributed by atoms with Crippen molar-refractivity contribution in [1.82, 2.24) is 0 Å². The molecule has 102 valence electrons. The summed E-state index contributed by atoms with van der Waals surface area (Å²) in [5.74, 6) is 0.640. The zero-order chi connectivity index (χ0) is 14.4. The van der Waals surface area contributed by atoms with Gasteiger partial charge in [0.15, 0.2) is 6.29 Å². The van der Waals surface area contributed by atoms with E-state index in [1.54, 1.807) is 6.07 Å². The van der Waals surface area contributed by atoms with Crippen LogP contribution in [0, 0.1) is 6.92 Å². The van der Waals surface area contributed by atoms with Crippen LogP contribution in [0.25, 0.3) is 6.08 Å². The maximum atomic E-state index is 11.1. The van der Waals surface area contributed by atoms with Gasteiger partial charge in [-0.15, -0.1) is 0 Å². The minimum atomic E-state index is 0.429. The Morgan fingerprint density at radius 1 is 1.20 bits per heavy atom. The molecule has 2 rings (SSSR count). The smallest absolute Gasteiger partial charge is 0.153 e. The zero-order valence-electron chi connectivity index (χ0n) is 11.2. The molecule has 2 aromatic carbocycles. The molecule has 0 amide bonds. The Morgan fingerprint density at radius 2 is 1.95 bits per heavy atom. The predicted octanol–water partition coefficient (Wildman–Crippen LogP) is 4.66. The van der Waals surface area contributed by atoms with E-state index in [1.807, 2.05) is 55.5 Å². The van der Waals surface area contributed by atoms with Gasteiger partial charge in [0.2, 0.25) is 0 Å². The molecule has 0 atom stereocenters. The second kappa shape index (κ2) is 7.06. The number of hydrogen-bond donors (Lipinski definition) is 0. The van der Waals surface area contributed by atoms with E-state index in [4.69, 9.17) is 4.74 Å². The molecule has 0 saturated carbocycles. The minimum absolute atomic E-state index is 0.429. The molecule has 3 heteroatoms. The average Bonchev–Trinajstić information content (AvgIpc) is 2.45. The van der Waals surface area contributed by atoms with Crippen molar-refractivity contribution in [2.75, 3.05) is 6.61 Å². The monoisotopic (exact) mass is 330 g/mol. The van der Waals surface area contributed by atoms with Crippen molar-refractivity contribution in [3.63, 3.8) is 0 Å². The fourth-order valence-corrected chi connectivity index (χ4v) is 2.51. The summed E-state index contributed by atoms with van der Waals surface area (Å²) in [4.78, 5) is 11.1. The number of benzene rings is 2. The first-order valence-corrected chi connectivity index (χ1v) is 7.09. The second-order valence-electron chi connectivity index (χ2n) is 4.38. The Bertz CT molecular complexity index is 618. The van der Waals surface area contributed by atoms with Crippen LogP contribution < -0.4 is 4.74 Å². The molecule has 0 N–H and O–H groups in total. The van der Waals surface area contributed by atoms with Crippen LogP contribution >= 0.6 is 15.9 Å². The van der Waals surface area contributed by atoms with Crippen LogP contribution in [0.15, 0.2) is 53.0 Å². The fraction of sp³-hybridized carbons (Fsp3) is 0.118. The van der Waals surface area contributed by atoms with E-state index < -0.39 is 0 Å². The molecule has 0 saturated heterocycles. The molecule has 2 nitrogen and oxygen atoms in total. The largest absolute Gasteiger partial charge is 0.488 e. The number of aryl methyl sites for hydroxylation is 1. The first kappa shape index (κ1) is 14.5. The third kappa shape index (κ3) is 3.81. The van der Waals surface area contributed by atoms with Gasteiger partial charge in [0.1, 0.15) is 12.4 Å². The van der Waals surface area contributed by atoms with Crippen molar-refractivity contribution < 1.29 is 9.53 Å². The lowest BCUT2D eigenvalue weighted by Crippen LogP contribution is -1.99. The SMILES string of the molecule is Cc1cc(Br)cc(C=O)c1OC/C=C/c1ccccc1. The Morgan fingerprint density at radius 3 is 2.65 bits per heavy atom. The van der Waals surface area contributed by atoms with Crippen LogP contribution in [0.1, 0.15) is 21.5 Å². The van der Waals surface area contributed by atoms with Crippen molar-refractivity contribution in [3.05, 3.63) is 69.7 Å². The van der Waals surface area contributed by atoms with E-state index in [9.17, 15) is 4.79 Å². The summed E-state index contributed by atoms with van der Waals surface area (Å²) in [6.07, 6.45) is 4.74. The fourth-order valence-electron chi connectivity index (χ4n) is 1.92. The second-order valence-corrected chi connectivity index (χ2v) is 5.30. The van der Waals surface area contributed by atoms with Crippen LogP contribution in [-0.4, -0.2) is 12.9 Å². The summed E-state index contributed by atoms with van der Waals surface area (Å²) in [6.45, 7) is 2.35. The van der Waals surface area contributed by atoms with Gasteiger partial charge >= 0.3 is 0 Å². The molecule has 2 aromatic rings. The Kier molecular flexibility index (Phi) is 5.13. The van der Waals surface area contributed by atoms with Gasteiger partial charge in [0, 0.05) is 4.47 Å². The number of aldehydes is 1. The highest BCUT2D eigenvalue weighted by molar-refractivity contribution is 9.10. The summed E-state index contributed by atoms with van der Waals surface area (Å²) in [6, 6.07) is 13.7. The standard InChI is InChI=1S/C17H15BrO2/c1-13-10-16(18)11-15(12-19)17(13)20-9-5-8-14-6-3-2-4-7-14/h2-8,10-12H,9H2,1H3/b8-5+. The van der Waals surface area contributed by atoms with Gasteiger partial charge in [-0.25, -0.2) is 0 Å². The lowest BCUT2D eigenvalue weighted by molar-refractivity contribution is 0.112. The van der Waals surface area contributed by atoms with Crippen LogP contribution in [0.3, 0.4) is 0 Å². The highest BCUT2D eigenvalue weighted by Gasteiger charge is 2.07. The number of hydrogen-bond acceptors (Lipinski definition) is 2. The Balaban J connectivity index is 2.04. The maximum Gasteiger partial charge on any atom is 0.153 e. The van der Waals surface area contributed by atoms with Crippen LogP contribution in [-0.2, 0) is 0 Å². The third-order valence-electron chi connectivity index (χ3n) is 2.83. The van der Waals surface area contributed by atoms with Crippen molar-refractivity contribution in [1.29, 1.82) is 0 Å². The molecule has 20 heavy (non-hydrogen) atoms. The highest BCUT2D eigenvalue weighted by atomic mass is 79.9. The number of carbonyl (C=O) groups is 1. The van der Waals surface area contributed by atoms with E-state index >= 15 is 0 Å². The lowest BCUT2D eigenvalue weighted by Gasteiger charge is -2.10. The number of ether oxygens (including phenoxy) is 1. The molecule has 0 heterocycles. The molecular weight excluding hydrogens is 316 g/mol. The summed E-state index contributed by atoms with van der Waals surface area (Å²) < 4.78 is 6.58. The van der Waals surface area contributed by atoms with E-state index in [2.05, 4.69) is 15.9 Å². The molecule has 0 spiro atoms. The predicted molar refractivity (Wildman–Crippen MR) is 85.2 cm³/mol. The first-order chi connectivity index (χ1) is 9.70. The van der Waals surface area contributed by atoms with Crippen LogP contribution in [0.5, 0.6) is 5.75 Å². The molecule has 0 radical (unpaired) electrons. The van der Waals surface area contributed by atoms with Gasteiger partial charge in [-0.2, -0.15) is 0 Å². The van der Waals surface area contributed by atoms with E-state index in [0.29, 0.717) is 17.9 Å². The first-order valence-electron chi connectivity index (χ1n) is 6.30. The Hall–Kier alpha value is -1.87. The average molecular weight is 331 g/mol. The van der Waals surface area contributed by atoms with Gasteiger partial charge in [-0.3, -0.25) is 4.79 Å². The summed E-state index contributed by atoms with van der Waals surface area (Å²) >= 11 is 3.37. The maximum absolute atomic E-state index is 11.1. The molecule has 0 bridgehead atoms. The third-order valence-corrected chi connectivity index (χ3v) is 3.29. The quantitative estimate of drug-likeness (QED) is 0.745. The molecule has 0 unspecified atom stereocenters. The summed E-state index contributed by atoms with van der Waals surface area (Å²) in [5, 5.41) is 0. The highest BCUT2D eigenvalue weighted by Crippen LogP contribution is 2.26. The molecule has 0 aromatic heterocycles. The molecular formula is C17H15BrO2. The molecule has 0 aliphatic carbocycles. The number of carbonyl (C=O) groups excluding carboxylic acids is 1. The topological polar surface area (TPSA) is 26.3 Å². The number of halogens is 1. The lowest BCUT2D eigenvalue weighted by atomic mass is 10.1.